The molecule has 4 rings (SSSR count). The van der Waals surface area contributed by atoms with E-state index in [1.54, 1.807) is 0 Å². The molecule has 0 radical (unpaired) electrons. The van der Waals surface area contributed by atoms with Crippen molar-refractivity contribution in [3.8, 4) is 0 Å². The number of aliphatic carboxylic acids is 1. The number of carbonyl (C=O) groups excluding carboxylic acids is 1. The fourth-order valence-electron chi connectivity index (χ4n) is 8.58. The average molecular weight is 415 g/mol. The van der Waals surface area contributed by atoms with Crippen LogP contribution in [0.4, 0.5) is 0 Å². The Morgan fingerprint density at radius 1 is 1.10 bits per heavy atom. The second-order valence-corrected chi connectivity index (χ2v) is 12.0. The van der Waals surface area contributed by atoms with Crippen molar-refractivity contribution >= 4 is 11.8 Å². The van der Waals surface area contributed by atoms with Gasteiger partial charge < -0.3 is 5.11 Å². The molecule has 30 heavy (non-hydrogen) atoms. The Kier molecular flexibility index (Phi) is 5.96. The van der Waals surface area contributed by atoms with Gasteiger partial charge >= 0.3 is 5.97 Å². The van der Waals surface area contributed by atoms with E-state index in [2.05, 4.69) is 33.8 Å². The monoisotopic (exact) mass is 414 g/mol. The van der Waals surface area contributed by atoms with E-state index in [0.717, 1.165) is 32.1 Å². The van der Waals surface area contributed by atoms with Crippen LogP contribution in [0.5, 0.6) is 0 Å². The summed E-state index contributed by atoms with van der Waals surface area (Å²) in [5.41, 5.74) is 0.346. The number of hydrogen-bond acceptors (Lipinski definition) is 2. The second kappa shape index (κ2) is 8.10. The number of allylic oxidation sites excluding steroid dienone is 2. The van der Waals surface area contributed by atoms with Gasteiger partial charge in [-0.2, -0.15) is 0 Å². The van der Waals surface area contributed by atoms with E-state index in [0.29, 0.717) is 41.3 Å². The molecule has 168 valence electrons. The van der Waals surface area contributed by atoms with Crippen LogP contribution in [0, 0.1) is 52.3 Å². The predicted molar refractivity (Wildman–Crippen MR) is 120 cm³/mol. The minimum absolute atomic E-state index is 0.166. The zero-order valence-corrected chi connectivity index (χ0v) is 19.5. The maximum atomic E-state index is 12.3. The molecule has 0 bridgehead atoms. The van der Waals surface area contributed by atoms with Crippen LogP contribution in [0.25, 0.3) is 0 Å². The minimum Gasteiger partial charge on any atom is -0.481 e. The third kappa shape index (κ3) is 3.58. The lowest BCUT2D eigenvalue weighted by Gasteiger charge is -2.59. The van der Waals surface area contributed by atoms with Crippen LogP contribution in [0.3, 0.4) is 0 Å². The highest BCUT2D eigenvalue weighted by Gasteiger charge is 2.60. The molecule has 3 nitrogen and oxygen atoms in total. The van der Waals surface area contributed by atoms with Crippen LogP contribution < -0.4 is 0 Å². The summed E-state index contributed by atoms with van der Waals surface area (Å²) < 4.78 is 0. The molecule has 0 unspecified atom stereocenters. The van der Waals surface area contributed by atoms with Crippen LogP contribution in [0.2, 0.25) is 0 Å². The molecule has 0 amide bonds. The number of carboxylic acid groups (broad SMARTS) is 1. The van der Waals surface area contributed by atoms with E-state index < -0.39 is 5.97 Å². The fraction of sp³-hybridized carbons (Fsp3) is 0.852. The molecular formula is C27H42O3. The lowest BCUT2D eigenvalue weighted by atomic mass is 9.45. The number of carboxylic acids is 1. The van der Waals surface area contributed by atoms with Crippen molar-refractivity contribution in [2.75, 3.05) is 0 Å². The average Bonchev–Trinajstić information content (AvgIpc) is 3.02. The van der Waals surface area contributed by atoms with Gasteiger partial charge in [0, 0.05) is 6.42 Å². The van der Waals surface area contributed by atoms with Crippen LogP contribution >= 0.6 is 0 Å². The SMILES string of the molecule is CC(C)CCC[C@@H](C(=O)O)[C@H]1CC[C@H]2[C@@H]3CC[C@H]4CC(=O)C=C[C@]4(C)[C@H]3CC[C@@]12C. The first-order chi connectivity index (χ1) is 14.2. The summed E-state index contributed by atoms with van der Waals surface area (Å²) in [5.74, 6) is 3.11. The van der Waals surface area contributed by atoms with E-state index in [4.69, 9.17) is 0 Å². The van der Waals surface area contributed by atoms with Gasteiger partial charge in [-0.25, -0.2) is 0 Å². The van der Waals surface area contributed by atoms with Crippen molar-refractivity contribution in [1.29, 1.82) is 0 Å². The molecular weight excluding hydrogens is 372 g/mol. The Morgan fingerprint density at radius 3 is 2.57 bits per heavy atom. The lowest BCUT2D eigenvalue weighted by molar-refractivity contribution is -0.148. The molecule has 0 aliphatic heterocycles. The number of hydrogen-bond donors (Lipinski definition) is 1. The Morgan fingerprint density at radius 2 is 1.87 bits per heavy atom. The number of fused-ring (bicyclic) bond motifs is 5. The van der Waals surface area contributed by atoms with Gasteiger partial charge in [-0.15, -0.1) is 0 Å². The summed E-state index contributed by atoms with van der Waals surface area (Å²) in [6.45, 7) is 9.32. The number of ketones is 1. The summed E-state index contributed by atoms with van der Waals surface area (Å²) in [4.78, 5) is 24.3. The Hall–Kier alpha value is -1.12. The molecule has 4 aliphatic rings. The van der Waals surface area contributed by atoms with Gasteiger partial charge in [0.25, 0.3) is 0 Å². The summed E-state index contributed by atoms with van der Waals surface area (Å²) >= 11 is 0. The number of rotatable bonds is 6. The number of carbonyl (C=O) groups is 2. The van der Waals surface area contributed by atoms with Gasteiger partial charge in [-0.05, 0) is 97.4 Å². The third-order valence-electron chi connectivity index (χ3n) is 10.2. The van der Waals surface area contributed by atoms with E-state index >= 15 is 0 Å². The van der Waals surface area contributed by atoms with Crippen molar-refractivity contribution in [2.45, 2.75) is 91.9 Å². The first kappa shape index (κ1) is 22.1. The highest BCUT2D eigenvalue weighted by Crippen LogP contribution is 2.67. The second-order valence-electron chi connectivity index (χ2n) is 12.0. The van der Waals surface area contributed by atoms with E-state index in [9.17, 15) is 14.7 Å². The molecule has 0 aromatic heterocycles. The first-order valence-corrected chi connectivity index (χ1v) is 12.6. The van der Waals surface area contributed by atoms with Crippen LogP contribution in [0.15, 0.2) is 12.2 Å². The van der Waals surface area contributed by atoms with Gasteiger partial charge in [0.2, 0.25) is 0 Å². The Labute approximate surface area is 183 Å². The first-order valence-electron chi connectivity index (χ1n) is 12.6. The molecule has 4 aliphatic carbocycles. The van der Waals surface area contributed by atoms with Crippen molar-refractivity contribution in [3.63, 3.8) is 0 Å². The maximum Gasteiger partial charge on any atom is 0.306 e. The highest BCUT2D eigenvalue weighted by atomic mass is 16.4. The smallest absolute Gasteiger partial charge is 0.306 e. The molecule has 0 heterocycles. The van der Waals surface area contributed by atoms with Crippen molar-refractivity contribution in [1.82, 2.24) is 0 Å². The van der Waals surface area contributed by atoms with Crippen LogP contribution in [-0.4, -0.2) is 16.9 Å². The highest BCUT2D eigenvalue weighted by molar-refractivity contribution is 5.91. The summed E-state index contributed by atoms with van der Waals surface area (Å²) in [5, 5.41) is 10.1. The van der Waals surface area contributed by atoms with Crippen molar-refractivity contribution in [3.05, 3.63) is 12.2 Å². The fourth-order valence-corrected chi connectivity index (χ4v) is 8.58. The van der Waals surface area contributed by atoms with Crippen LogP contribution in [-0.2, 0) is 9.59 Å². The van der Waals surface area contributed by atoms with Gasteiger partial charge in [0.1, 0.15) is 0 Å². The molecule has 8 atom stereocenters. The predicted octanol–water partition coefficient (Wildman–Crippen LogP) is 6.52. The van der Waals surface area contributed by atoms with Gasteiger partial charge in [-0.3, -0.25) is 9.59 Å². The summed E-state index contributed by atoms with van der Waals surface area (Å²) in [6, 6.07) is 0. The lowest BCUT2D eigenvalue weighted by Crippen LogP contribution is -2.53. The minimum atomic E-state index is -0.558. The maximum absolute atomic E-state index is 12.3. The van der Waals surface area contributed by atoms with E-state index in [1.807, 2.05) is 6.08 Å². The normalized spacial score (nSPS) is 43.8. The topological polar surface area (TPSA) is 54.4 Å². The molecule has 0 spiro atoms. The van der Waals surface area contributed by atoms with E-state index in [-0.39, 0.29) is 16.7 Å². The molecule has 0 aromatic carbocycles. The summed E-state index contributed by atoms with van der Waals surface area (Å²) in [6.07, 6.45) is 15.0. The Bertz CT molecular complexity index is 709. The Balaban J connectivity index is 1.54. The standard InChI is InChI=1S/C27H42O3/c1-17(2)6-5-7-21(25(29)30)23-11-10-22-20-9-8-18-16-19(28)12-14-26(18,3)24(20)13-15-27(22,23)4/h12,14,17-18,20-24H,5-11,13,15-16H2,1-4H3,(H,29,30)/t18-,20-,21+,22-,23+,24-,26-,27+/m0/s1. The molecule has 0 aromatic rings. The molecule has 0 saturated heterocycles. The zero-order valence-electron chi connectivity index (χ0n) is 19.5. The van der Waals surface area contributed by atoms with Gasteiger partial charge in [-0.1, -0.05) is 46.6 Å². The molecule has 3 saturated carbocycles. The largest absolute Gasteiger partial charge is 0.481 e. The molecule has 1 N–H and O–H groups in total. The van der Waals surface area contributed by atoms with Gasteiger partial charge in [0.15, 0.2) is 5.78 Å². The zero-order chi connectivity index (χ0) is 21.7. The third-order valence-corrected chi connectivity index (χ3v) is 10.2. The summed E-state index contributed by atoms with van der Waals surface area (Å²) in [7, 11) is 0. The van der Waals surface area contributed by atoms with E-state index in [1.165, 1.54) is 32.1 Å². The van der Waals surface area contributed by atoms with Crippen molar-refractivity contribution in [2.24, 2.45) is 52.3 Å². The molecule has 3 fully saturated rings. The van der Waals surface area contributed by atoms with Crippen LogP contribution in [0.1, 0.15) is 91.9 Å². The van der Waals surface area contributed by atoms with Crippen molar-refractivity contribution < 1.29 is 14.7 Å². The quantitative estimate of drug-likeness (QED) is 0.538. The molecule has 3 heteroatoms. The van der Waals surface area contributed by atoms with Gasteiger partial charge in [0.05, 0.1) is 5.92 Å².